The number of nitrogens with one attached hydrogen (secondary N) is 1. The third-order valence-electron chi connectivity index (χ3n) is 2.74. The monoisotopic (exact) mass is 249 g/mol. The molecule has 2 N–H and O–H groups in total. The van der Waals surface area contributed by atoms with Crippen molar-refractivity contribution < 1.29 is 9.90 Å². The van der Waals surface area contributed by atoms with Gasteiger partial charge in [-0.05, 0) is 12.8 Å². The van der Waals surface area contributed by atoms with E-state index in [-0.39, 0.29) is 5.92 Å². The summed E-state index contributed by atoms with van der Waals surface area (Å²) < 4.78 is 1.77. The van der Waals surface area contributed by atoms with Crippen molar-refractivity contribution in [1.82, 2.24) is 19.6 Å². The summed E-state index contributed by atoms with van der Waals surface area (Å²) in [6.07, 6.45) is 6.45. The van der Waals surface area contributed by atoms with E-state index in [0.29, 0.717) is 24.4 Å². The Kier molecular flexibility index (Phi) is 3.71. The Morgan fingerprint density at radius 3 is 3.22 bits per heavy atom. The molecule has 0 aliphatic heterocycles. The van der Waals surface area contributed by atoms with Crippen molar-refractivity contribution in [3.05, 3.63) is 18.7 Å². The summed E-state index contributed by atoms with van der Waals surface area (Å²) in [6.45, 7) is 2.37. The molecule has 7 heteroatoms. The van der Waals surface area contributed by atoms with Crippen molar-refractivity contribution in [2.45, 2.75) is 19.8 Å². The second kappa shape index (κ2) is 5.44. The molecule has 18 heavy (non-hydrogen) atoms. The maximum atomic E-state index is 10.6. The zero-order chi connectivity index (χ0) is 13.0. The predicted molar refractivity (Wildman–Crippen MR) is 65.3 cm³/mol. The van der Waals surface area contributed by atoms with Crippen LogP contribution in [0.2, 0.25) is 0 Å². The Balaban J connectivity index is 1.87. The van der Waals surface area contributed by atoms with Crippen molar-refractivity contribution in [3.63, 3.8) is 0 Å². The Morgan fingerprint density at radius 2 is 2.44 bits per heavy atom. The Morgan fingerprint density at radius 1 is 1.61 bits per heavy atom. The molecule has 0 saturated heterocycles. The van der Waals surface area contributed by atoms with Gasteiger partial charge < -0.3 is 10.4 Å². The van der Waals surface area contributed by atoms with Crippen molar-refractivity contribution in [2.75, 3.05) is 11.9 Å². The minimum Gasteiger partial charge on any atom is -0.481 e. The lowest BCUT2D eigenvalue weighted by molar-refractivity contribution is -0.141. The van der Waals surface area contributed by atoms with Crippen LogP contribution in [-0.4, -0.2) is 37.2 Å². The van der Waals surface area contributed by atoms with Gasteiger partial charge in [0.2, 0.25) is 5.65 Å². The molecule has 1 atom stereocenters. The molecule has 2 rings (SSSR count). The highest BCUT2D eigenvalue weighted by Gasteiger charge is 2.10. The van der Waals surface area contributed by atoms with Gasteiger partial charge in [0.25, 0.3) is 0 Å². The molecule has 0 fully saturated rings. The lowest BCUT2D eigenvalue weighted by Crippen LogP contribution is -2.12. The predicted octanol–water partition coefficient (Wildman–Crippen LogP) is 1.04. The first-order valence-corrected chi connectivity index (χ1v) is 5.79. The minimum atomic E-state index is -0.757. The van der Waals surface area contributed by atoms with Gasteiger partial charge in [-0.3, -0.25) is 9.20 Å². The van der Waals surface area contributed by atoms with Gasteiger partial charge in [-0.15, -0.1) is 10.2 Å². The molecule has 7 nitrogen and oxygen atoms in total. The zero-order valence-corrected chi connectivity index (χ0v) is 10.1. The lowest BCUT2D eigenvalue weighted by atomic mass is 10.1. The van der Waals surface area contributed by atoms with Gasteiger partial charge in [0, 0.05) is 18.9 Å². The van der Waals surface area contributed by atoms with E-state index in [4.69, 9.17) is 5.11 Å². The Hall–Kier alpha value is -2.18. The van der Waals surface area contributed by atoms with E-state index >= 15 is 0 Å². The van der Waals surface area contributed by atoms with E-state index in [9.17, 15) is 4.79 Å². The van der Waals surface area contributed by atoms with E-state index < -0.39 is 5.97 Å². The molecular formula is C11H15N5O2. The van der Waals surface area contributed by atoms with Crippen molar-refractivity contribution >= 4 is 17.4 Å². The fourth-order valence-electron chi connectivity index (χ4n) is 1.62. The Labute approximate surface area is 104 Å². The molecule has 0 aromatic carbocycles. The molecule has 0 spiro atoms. The molecule has 0 radical (unpaired) electrons. The molecule has 0 bridgehead atoms. The first-order chi connectivity index (χ1) is 8.68. The molecule has 2 aromatic heterocycles. The normalized spacial score (nSPS) is 12.5. The van der Waals surface area contributed by atoms with Crippen LogP contribution < -0.4 is 5.32 Å². The van der Waals surface area contributed by atoms with Crippen LogP contribution in [0.3, 0.4) is 0 Å². The van der Waals surface area contributed by atoms with Crippen LogP contribution in [0.25, 0.3) is 5.65 Å². The maximum Gasteiger partial charge on any atom is 0.306 e. The van der Waals surface area contributed by atoms with Gasteiger partial charge in [-0.1, -0.05) is 6.92 Å². The summed E-state index contributed by atoms with van der Waals surface area (Å²) in [7, 11) is 0. The number of carboxylic acid groups (broad SMARTS) is 1. The van der Waals surface area contributed by atoms with Crippen molar-refractivity contribution in [3.8, 4) is 0 Å². The highest BCUT2D eigenvalue weighted by Crippen LogP contribution is 2.11. The molecular weight excluding hydrogens is 234 g/mol. The fraction of sp³-hybridized carbons (Fsp3) is 0.455. The third kappa shape index (κ3) is 2.73. The third-order valence-corrected chi connectivity index (χ3v) is 2.74. The summed E-state index contributed by atoms with van der Waals surface area (Å²) in [5.41, 5.74) is 0.670. The number of rotatable bonds is 6. The number of aromatic nitrogens is 4. The number of hydrogen-bond donors (Lipinski definition) is 2. The number of anilines is 1. The molecule has 2 aromatic rings. The van der Waals surface area contributed by atoms with E-state index in [0.717, 1.165) is 6.42 Å². The van der Waals surface area contributed by atoms with Gasteiger partial charge in [-0.25, -0.2) is 4.98 Å². The largest absolute Gasteiger partial charge is 0.481 e. The van der Waals surface area contributed by atoms with Crippen LogP contribution in [0.4, 0.5) is 5.82 Å². The molecule has 0 aliphatic carbocycles. The van der Waals surface area contributed by atoms with Gasteiger partial charge in [0.1, 0.15) is 6.33 Å². The zero-order valence-electron chi connectivity index (χ0n) is 10.1. The number of nitrogens with zero attached hydrogens (tertiary/aromatic N) is 4. The fourth-order valence-corrected chi connectivity index (χ4v) is 1.62. The minimum absolute atomic E-state index is 0.316. The first kappa shape index (κ1) is 12.3. The molecule has 0 amide bonds. The van der Waals surface area contributed by atoms with Gasteiger partial charge >= 0.3 is 5.97 Å². The smallest absolute Gasteiger partial charge is 0.306 e. The van der Waals surface area contributed by atoms with Gasteiger partial charge in [0.05, 0.1) is 5.92 Å². The van der Waals surface area contributed by atoms with Crippen LogP contribution in [-0.2, 0) is 4.79 Å². The average molecular weight is 249 g/mol. The van der Waals surface area contributed by atoms with Crippen LogP contribution in [0.15, 0.2) is 18.7 Å². The quantitative estimate of drug-likeness (QED) is 0.743. The second-order valence-corrected chi connectivity index (χ2v) is 4.15. The van der Waals surface area contributed by atoms with Crippen LogP contribution in [0.5, 0.6) is 0 Å². The maximum absolute atomic E-state index is 10.6. The summed E-state index contributed by atoms with van der Waals surface area (Å²) in [4.78, 5) is 14.8. The van der Waals surface area contributed by atoms with Crippen LogP contribution in [0, 0.1) is 5.92 Å². The van der Waals surface area contributed by atoms with E-state index in [1.165, 1.54) is 0 Å². The molecule has 1 unspecified atom stereocenters. The van der Waals surface area contributed by atoms with Crippen molar-refractivity contribution in [2.24, 2.45) is 5.92 Å². The highest BCUT2D eigenvalue weighted by molar-refractivity contribution is 5.69. The van der Waals surface area contributed by atoms with E-state index in [1.807, 2.05) is 0 Å². The number of fused-ring (bicyclic) bond motifs is 1. The molecule has 96 valence electrons. The van der Waals surface area contributed by atoms with E-state index in [2.05, 4.69) is 20.5 Å². The summed E-state index contributed by atoms with van der Waals surface area (Å²) in [5.74, 6) is -0.408. The number of hydrogen-bond acceptors (Lipinski definition) is 5. The van der Waals surface area contributed by atoms with E-state index in [1.54, 1.807) is 30.0 Å². The second-order valence-electron chi connectivity index (χ2n) is 4.15. The standard InChI is InChI=1S/C11H15N5O2/c1-8(11(17)18)3-2-4-12-9-10-15-14-7-16(10)6-5-13-9/h5-8H,2-4H2,1H3,(H,12,13)(H,17,18). The number of carboxylic acids is 1. The van der Waals surface area contributed by atoms with Crippen molar-refractivity contribution in [1.29, 1.82) is 0 Å². The summed E-state index contributed by atoms with van der Waals surface area (Å²) in [6, 6.07) is 0. The highest BCUT2D eigenvalue weighted by atomic mass is 16.4. The van der Waals surface area contributed by atoms with Gasteiger partial charge in [0.15, 0.2) is 5.82 Å². The Bertz CT molecular complexity index is 539. The van der Waals surface area contributed by atoms with Gasteiger partial charge in [-0.2, -0.15) is 0 Å². The number of aliphatic carboxylic acids is 1. The average Bonchev–Trinajstić information content (AvgIpc) is 2.83. The summed E-state index contributed by atoms with van der Waals surface area (Å²) in [5, 5.41) is 19.6. The molecule has 0 saturated carbocycles. The lowest BCUT2D eigenvalue weighted by Gasteiger charge is -2.08. The summed E-state index contributed by atoms with van der Waals surface area (Å²) >= 11 is 0. The molecule has 0 aliphatic rings. The topological polar surface area (TPSA) is 92.4 Å². The number of carbonyl (C=O) groups is 1. The van der Waals surface area contributed by atoms with Crippen LogP contribution >= 0.6 is 0 Å². The molecule has 2 heterocycles. The van der Waals surface area contributed by atoms with Crippen LogP contribution in [0.1, 0.15) is 19.8 Å². The SMILES string of the molecule is CC(CCCNc1nccn2cnnc12)C(=O)O. The first-order valence-electron chi connectivity index (χ1n) is 5.79.